The predicted molar refractivity (Wildman–Crippen MR) is 236 cm³/mol. The number of pyridine rings is 1. The van der Waals surface area contributed by atoms with Crippen LogP contribution in [0.3, 0.4) is 0 Å². The van der Waals surface area contributed by atoms with Crippen molar-refractivity contribution in [3.8, 4) is 22.6 Å². The number of allylic oxidation sites excluding steroid dienone is 2. The topological polar surface area (TPSA) is 63.3 Å². The zero-order valence-corrected chi connectivity index (χ0v) is 39.1. The van der Waals surface area contributed by atoms with Crippen LogP contribution in [0.5, 0.6) is 0 Å². The van der Waals surface area contributed by atoms with Crippen LogP contribution in [0.1, 0.15) is 123 Å². The summed E-state index contributed by atoms with van der Waals surface area (Å²) < 4.78 is 7.99. The SMILES string of the molecule is CCC(C)(CC)C(=O)/C=C(\O)C(C)(CC)CC.Cc1sc2cccc(-c3oc4ccnc(-c5[c-]c6ccccc6c(C(C)(C)C)c5)c4c3C)c2c1CC(C)C.[Ir]. The maximum Gasteiger partial charge on any atom is 0.164 e. The molecular formula is C50H62IrNO3S-. The number of aliphatic hydroxyl groups excluding tert-OH is 1. The van der Waals surface area contributed by atoms with E-state index in [1.54, 1.807) is 0 Å². The molecule has 1 radical (unpaired) electrons. The van der Waals surface area contributed by atoms with Crippen molar-refractivity contribution in [3.63, 3.8) is 0 Å². The Bertz CT molecular complexity index is 2340. The number of fused-ring (bicyclic) bond motifs is 3. The number of hydrogen-bond acceptors (Lipinski definition) is 5. The van der Waals surface area contributed by atoms with Gasteiger partial charge in [0.25, 0.3) is 0 Å². The number of carbonyl (C=O) groups excluding carboxylic acids is 1. The first kappa shape index (κ1) is 45.1. The number of aryl methyl sites for hydroxylation is 2. The molecule has 3 aromatic heterocycles. The Morgan fingerprint density at radius 1 is 0.893 bits per heavy atom. The minimum absolute atomic E-state index is 0. The first-order valence-corrected chi connectivity index (χ1v) is 21.0. The Morgan fingerprint density at radius 2 is 1.54 bits per heavy atom. The maximum atomic E-state index is 12.2. The van der Waals surface area contributed by atoms with Gasteiger partial charge in [-0.3, -0.25) is 9.78 Å². The van der Waals surface area contributed by atoms with Gasteiger partial charge in [0.2, 0.25) is 0 Å². The first-order valence-electron chi connectivity index (χ1n) is 20.2. The van der Waals surface area contributed by atoms with Crippen molar-refractivity contribution in [3.05, 3.63) is 100 Å². The van der Waals surface area contributed by atoms with Gasteiger partial charge in [-0.15, -0.1) is 40.5 Å². The van der Waals surface area contributed by atoms with Crippen LogP contribution in [0.2, 0.25) is 0 Å². The maximum absolute atomic E-state index is 12.2. The summed E-state index contributed by atoms with van der Waals surface area (Å²) in [6.45, 7) is 27.9. The van der Waals surface area contributed by atoms with Gasteiger partial charge in [0.1, 0.15) is 17.1 Å². The number of furan rings is 1. The van der Waals surface area contributed by atoms with Crippen LogP contribution in [0.25, 0.3) is 54.4 Å². The first-order chi connectivity index (χ1) is 25.9. The number of aliphatic hydroxyl groups is 1. The largest absolute Gasteiger partial charge is 0.512 e. The second-order valence-electron chi connectivity index (χ2n) is 17.3. The second-order valence-corrected chi connectivity index (χ2v) is 18.6. The van der Waals surface area contributed by atoms with E-state index in [1.165, 1.54) is 43.1 Å². The zero-order chi connectivity index (χ0) is 40.5. The molecule has 56 heavy (non-hydrogen) atoms. The standard InChI is InChI=1S/C35H34NOS.C15H28O2.Ir/c1-20(2)17-27-22(4)38-30-14-10-13-26(32(27)30)34-21(3)31-29(37-34)15-16-36-33(31)24-18-23-11-8-9-12-25(23)28(19-24)35(5,6)7;1-7-14(5,8-2)12(16)11-13(17)15(6,9-3)10-4;/h8-16,19-20H,17H2,1-7H3;11,16H,7-10H2,1-6H3;/q-1;;/b;12-11-;. The van der Waals surface area contributed by atoms with Crippen molar-refractivity contribution < 1.29 is 34.4 Å². The van der Waals surface area contributed by atoms with Crippen molar-refractivity contribution in [1.82, 2.24) is 4.98 Å². The van der Waals surface area contributed by atoms with Crippen LogP contribution >= 0.6 is 11.3 Å². The molecule has 0 bridgehead atoms. The van der Waals surface area contributed by atoms with E-state index in [0.29, 0.717) is 5.92 Å². The summed E-state index contributed by atoms with van der Waals surface area (Å²) >= 11 is 1.89. The van der Waals surface area contributed by atoms with E-state index >= 15 is 0 Å². The van der Waals surface area contributed by atoms with Gasteiger partial charge in [0.05, 0.1) is 0 Å². The average molecular weight is 949 g/mol. The van der Waals surface area contributed by atoms with Crippen LogP contribution < -0.4 is 0 Å². The summed E-state index contributed by atoms with van der Waals surface area (Å²) in [7, 11) is 0. The van der Waals surface area contributed by atoms with E-state index in [-0.39, 0.29) is 47.9 Å². The minimum atomic E-state index is -0.337. The Kier molecular flexibility index (Phi) is 14.4. The quantitative estimate of drug-likeness (QED) is 0.0798. The molecule has 3 aromatic carbocycles. The van der Waals surface area contributed by atoms with Crippen LogP contribution in [0, 0.1) is 36.7 Å². The fourth-order valence-electron chi connectivity index (χ4n) is 7.49. The number of rotatable bonds is 11. The fraction of sp³-hybridized carbons (Fsp3) is 0.440. The number of benzene rings is 3. The molecule has 0 aliphatic heterocycles. The molecule has 6 heteroatoms. The molecule has 0 amide bonds. The van der Waals surface area contributed by atoms with E-state index in [1.807, 2.05) is 65.1 Å². The van der Waals surface area contributed by atoms with Gasteiger partial charge in [-0.2, -0.15) is 0 Å². The van der Waals surface area contributed by atoms with Gasteiger partial charge in [0, 0.05) is 74.8 Å². The van der Waals surface area contributed by atoms with Gasteiger partial charge in [-0.05, 0) is 80.5 Å². The third-order valence-electron chi connectivity index (χ3n) is 12.2. The Morgan fingerprint density at radius 3 is 2.14 bits per heavy atom. The number of hydrogen-bond donors (Lipinski definition) is 1. The summed E-state index contributed by atoms with van der Waals surface area (Å²) in [6, 6.07) is 23.1. The molecule has 0 unspecified atom stereocenters. The second kappa shape index (κ2) is 17.9. The van der Waals surface area contributed by atoms with E-state index in [2.05, 4.69) is 103 Å². The van der Waals surface area contributed by atoms with Crippen molar-refractivity contribution in [2.75, 3.05) is 0 Å². The normalized spacial score (nSPS) is 12.6. The molecule has 0 saturated carbocycles. The van der Waals surface area contributed by atoms with Crippen molar-refractivity contribution >= 4 is 48.9 Å². The summed E-state index contributed by atoms with van der Waals surface area (Å²) in [5, 5.41) is 14.9. The molecule has 0 saturated heterocycles. The smallest absolute Gasteiger partial charge is 0.164 e. The van der Waals surface area contributed by atoms with Crippen LogP contribution in [-0.2, 0) is 36.7 Å². The number of nitrogens with zero attached hydrogens (tertiary/aromatic N) is 1. The number of aromatic nitrogens is 1. The van der Waals surface area contributed by atoms with Crippen LogP contribution in [0.4, 0.5) is 0 Å². The Hall–Kier alpha value is -3.57. The number of carbonyl (C=O) groups is 1. The molecule has 3 heterocycles. The van der Waals surface area contributed by atoms with Crippen molar-refractivity contribution in [1.29, 1.82) is 0 Å². The molecule has 1 N–H and O–H groups in total. The van der Waals surface area contributed by atoms with Crippen molar-refractivity contribution in [2.45, 2.75) is 128 Å². The van der Waals surface area contributed by atoms with Crippen LogP contribution in [-0.4, -0.2) is 15.9 Å². The molecule has 0 spiro atoms. The molecular weight excluding hydrogens is 887 g/mol. The summed E-state index contributed by atoms with van der Waals surface area (Å²) in [5.41, 5.74) is 7.28. The molecule has 6 aromatic rings. The molecule has 0 aliphatic carbocycles. The Labute approximate surface area is 353 Å². The number of thiophene rings is 1. The fourth-order valence-corrected chi connectivity index (χ4v) is 8.61. The molecule has 6 rings (SSSR count). The molecule has 0 aliphatic rings. The summed E-state index contributed by atoms with van der Waals surface area (Å²) in [5.74, 6) is 1.82. The van der Waals surface area contributed by atoms with Gasteiger partial charge < -0.3 is 9.52 Å². The summed E-state index contributed by atoms with van der Waals surface area (Å²) in [4.78, 5) is 18.5. The third-order valence-corrected chi connectivity index (χ3v) is 13.3. The predicted octanol–water partition coefficient (Wildman–Crippen LogP) is 15.1. The van der Waals surface area contributed by atoms with E-state index in [9.17, 15) is 9.90 Å². The molecule has 4 nitrogen and oxygen atoms in total. The minimum Gasteiger partial charge on any atom is -0.512 e. The third kappa shape index (κ3) is 8.94. The Balaban J connectivity index is 0.000000330. The summed E-state index contributed by atoms with van der Waals surface area (Å²) in [6.07, 6.45) is 7.69. The zero-order valence-electron chi connectivity index (χ0n) is 35.9. The monoisotopic (exact) mass is 949 g/mol. The number of ketones is 1. The van der Waals surface area contributed by atoms with E-state index < -0.39 is 0 Å². The molecule has 0 fully saturated rings. The molecule has 301 valence electrons. The average Bonchev–Trinajstić information content (AvgIpc) is 3.68. The van der Waals surface area contributed by atoms with Gasteiger partial charge in [-0.1, -0.05) is 117 Å². The van der Waals surface area contributed by atoms with Gasteiger partial charge in [0.15, 0.2) is 5.78 Å². The van der Waals surface area contributed by atoms with E-state index in [4.69, 9.17) is 9.40 Å². The van der Waals surface area contributed by atoms with Gasteiger partial charge >= 0.3 is 0 Å². The van der Waals surface area contributed by atoms with Gasteiger partial charge in [-0.25, -0.2) is 0 Å². The van der Waals surface area contributed by atoms with Crippen LogP contribution in [0.15, 0.2) is 77.0 Å². The molecule has 0 atom stereocenters. The van der Waals surface area contributed by atoms with Crippen molar-refractivity contribution in [2.24, 2.45) is 16.7 Å². The van der Waals surface area contributed by atoms with E-state index in [0.717, 1.165) is 71.0 Å².